The number of benzene rings is 1. The molecule has 1 aliphatic rings. The van der Waals surface area contributed by atoms with Gasteiger partial charge in [-0.05, 0) is 36.5 Å². The Bertz CT molecular complexity index is 364. The summed E-state index contributed by atoms with van der Waals surface area (Å²) in [5, 5.41) is 3.60. The molecule has 1 aromatic rings. The van der Waals surface area contributed by atoms with E-state index in [0.29, 0.717) is 6.54 Å². The lowest BCUT2D eigenvalue weighted by Gasteiger charge is -2.37. The van der Waals surface area contributed by atoms with Crippen molar-refractivity contribution in [2.45, 2.75) is 18.4 Å². The lowest BCUT2D eigenvalue weighted by atomic mass is 9.92. The standard InChI is InChI=1S/C13H20N2OS/c1-16-12-4-2-3-11(9-12)15-13(10-14)5-7-17-8-6-13/h2-4,9,15H,5-8,10,14H2,1H3. The van der Waals surface area contributed by atoms with E-state index in [4.69, 9.17) is 10.5 Å². The third-order valence-corrected chi connectivity index (χ3v) is 4.31. The quantitative estimate of drug-likeness (QED) is 0.863. The van der Waals surface area contributed by atoms with Crippen molar-refractivity contribution in [3.63, 3.8) is 0 Å². The molecule has 3 nitrogen and oxygen atoms in total. The number of hydrogen-bond acceptors (Lipinski definition) is 4. The Morgan fingerprint density at radius 3 is 2.82 bits per heavy atom. The van der Waals surface area contributed by atoms with Gasteiger partial charge in [-0.1, -0.05) is 6.07 Å². The molecule has 1 saturated heterocycles. The molecule has 17 heavy (non-hydrogen) atoms. The molecule has 0 bridgehead atoms. The van der Waals surface area contributed by atoms with E-state index in [1.807, 2.05) is 30.0 Å². The van der Waals surface area contributed by atoms with Gasteiger partial charge in [0.15, 0.2) is 0 Å². The monoisotopic (exact) mass is 252 g/mol. The third kappa shape index (κ3) is 3.07. The van der Waals surface area contributed by atoms with Crippen molar-refractivity contribution < 1.29 is 4.74 Å². The first kappa shape index (κ1) is 12.6. The summed E-state index contributed by atoms with van der Waals surface area (Å²) in [6, 6.07) is 8.06. The van der Waals surface area contributed by atoms with Crippen molar-refractivity contribution in [3.05, 3.63) is 24.3 Å². The largest absolute Gasteiger partial charge is 0.497 e. The fraction of sp³-hybridized carbons (Fsp3) is 0.538. The Labute approximate surface area is 107 Å². The Morgan fingerprint density at radius 1 is 1.41 bits per heavy atom. The van der Waals surface area contributed by atoms with Crippen LogP contribution in [0.5, 0.6) is 5.75 Å². The maximum Gasteiger partial charge on any atom is 0.120 e. The SMILES string of the molecule is COc1cccc(NC2(CN)CCSCC2)c1. The van der Waals surface area contributed by atoms with E-state index in [1.165, 1.54) is 11.5 Å². The molecule has 1 aromatic carbocycles. The van der Waals surface area contributed by atoms with Gasteiger partial charge in [-0.25, -0.2) is 0 Å². The minimum atomic E-state index is 0.0671. The molecule has 0 unspecified atom stereocenters. The van der Waals surface area contributed by atoms with E-state index in [0.717, 1.165) is 24.3 Å². The molecule has 0 amide bonds. The molecule has 4 heteroatoms. The van der Waals surface area contributed by atoms with Gasteiger partial charge in [0.25, 0.3) is 0 Å². The van der Waals surface area contributed by atoms with Gasteiger partial charge in [-0.2, -0.15) is 11.8 Å². The Morgan fingerprint density at radius 2 is 2.18 bits per heavy atom. The van der Waals surface area contributed by atoms with Crippen LogP contribution in [0.25, 0.3) is 0 Å². The highest BCUT2D eigenvalue weighted by Gasteiger charge is 2.30. The second kappa shape index (κ2) is 5.65. The van der Waals surface area contributed by atoms with Crippen molar-refractivity contribution in [2.75, 3.05) is 30.5 Å². The van der Waals surface area contributed by atoms with E-state index < -0.39 is 0 Å². The summed E-state index contributed by atoms with van der Waals surface area (Å²) in [5.74, 6) is 3.26. The van der Waals surface area contributed by atoms with Crippen LogP contribution >= 0.6 is 11.8 Å². The van der Waals surface area contributed by atoms with Crippen molar-refractivity contribution in [2.24, 2.45) is 5.73 Å². The third-order valence-electron chi connectivity index (χ3n) is 3.32. The van der Waals surface area contributed by atoms with Crippen LogP contribution in [0.2, 0.25) is 0 Å². The van der Waals surface area contributed by atoms with Crippen molar-refractivity contribution >= 4 is 17.4 Å². The van der Waals surface area contributed by atoms with Crippen LogP contribution in [0.3, 0.4) is 0 Å². The van der Waals surface area contributed by atoms with Gasteiger partial charge in [-0.15, -0.1) is 0 Å². The van der Waals surface area contributed by atoms with Gasteiger partial charge in [0, 0.05) is 18.3 Å². The molecule has 0 spiro atoms. The summed E-state index contributed by atoms with van der Waals surface area (Å²) in [6.07, 6.45) is 2.26. The zero-order chi connectivity index (χ0) is 12.1. The highest BCUT2D eigenvalue weighted by atomic mass is 32.2. The highest BCUT2D eigenvalue weighted by Crippen LogP contribution is 2.30. The molecule has 3 N–H and O–H groups in total. The normalized spacial score (nSPS) is 18.7. The molecule has 0 saturated carbocycles. The zero-order valence-corrected chi connectivity index (χ0v) is 11.1. The highest BCUT2D eigenvalue weighted by molar-refractivity contribution is 7.99. The molecular formula is C13H20N2OS. The Balaban J connectivity index is 2.11. The number of hydrogen-bond donors (Lipinski definition) is 2. The van der Waals surface area contributed by atoms with E-state index >= 15 is 0 Å². The van der Waals surface area contributed by atoms with E-state index in [1.54, 1.807) is 7.11 Å². The Kier molecular flexibility index (Phi) is 4.18. The topological polar surface area (TPSA) is 47.3 Å². The summed E-state index contributed by atoms with van der Waals surface area (Å²) in [6.45, 7) is 0.685. The van der Waals surface area contributed by atoms with Crippen LogP contribution < -0.4 is 15.8 Å². The maximum absolute atomic E-state index is 5.95. The minimum Gasteiger partial charge on any atom is -0.497 e. The maximum atomic E-state index is 5.95. The van der Waals surface area contributed by atoms with Crippen LogP contribution in [-0.4, -0.2) is 30.7 Å². The van der Waals surface area contributed by atoms with Crippen molar-refractivity contribution in [1.29, 1.82) is 0 Å². The van der Waals surface area contributed by atoms with E-state index in [-0.39, 0.29) is 5.54 Å². The number of rotatable bonds is 4. The fourth-order valence-electron chi connectivity index (χ4n) is 2.15. The summed E-state index contributed by atoms with van der Waals surface area (Å²) in [4.78, 5) is 0. The first-order valence-electron chi connectivity index (χ1n) is 5.98. The molecule has 0 atom stereocenters. The van der Waals surface area contributed by atoms with Crippen molar-refractivity contribution in [1.82, 2.24) is 0 Å². The second-order valence-electron chi connectivity index (χ2n) is 4.45. The van der Waals surface area contributed by atoms with Gasteiger partial charge >= 0.3 is 0 Å². The summed E-state index contributed by atoms with van der Waals surface area (Å²) >= 11 is 2.01. The van der Waals surface area contributed by atoms with Gasteiger partial charge < -0.3 is 15.8 Å². The van der Waals surface area contributed by atoms with Crippen molar-refractivity contribution in [3.8, 4) is 5.75 Å². The molecule has 1 heterocycles. The molecule has 1 fully saturated rings. The minimum absolute atomic E-state index is 0.0671. The summed E-state index contributed by atoms with van der Waals surface area (Å²) in [7, 11) is 1.69. The molecule has 0 aliphatic carbocycles. The van der Waals surface area contributed by atoms with Crippen LogP contribution in [-0.2, 0) is 0 Å². The lowest BCUT2D eigenvalue weighted by Crippen LogP contribution is -2.48. The van der Waals surface area contributed by atoms with E-state index in [9.17, 15) is 0 Å². The number of anilines is 1. The fourth-order valence-corrected chi connectivity index (χ4v) is 3.42. The predicted molar refractivity (Wildman–Crippen MR) is 75.0 cm³/mol. The van der Waals surface area contributed by atoms with E-state index in [2.05, 4.69) is 11.4 Å². The van der Waals surface area contributed by atoms with Crippen LogP contribution in [0.15, 0.2) is 24.3 Å². The van der Waals surface area contributed by atoms with Gasteiger partial charge in [0.05, 0.1) is 12.6 Å². The number of ether oxygens (including phenoxy) is 1. The predicted octanol–water partition coefficient (Wildman–Crippen LogP) is 2.33. The number of methoxy groups -OCH3 is 1. The van der Waals surface area contributed by atoms with Crippen LogP contribution in [0, 0.1) is 0 Å². The molecule has 0 aromatic heterocycles. The molecule has 1 aliphatic heterocycles. The first-order valence-corrected chi connectivity index (χ1v) is 7.13. The smallest absolute Gasteiger partial charge is 0.120 e. The molecule has 0 radical (unpaired) electrons. The summed E-state index contributed by atoms with van der Waals surface area (Å²) in [5.41, 5.74) is 7.12. The van der Waals surface area contributed by atoms with Gasteiger partial charge in [-0.3, -0.25) is 0 Å². The number of thioether (sulfide) groups is 1. The molecule has 94 valence electrons. The van der Waals surface area contributed by atoms with Crippen LogP contribution in [0.4, 0.5) is 5.69 Å². The van der Waals surface area contributed by atoms with Gasteiger partial charge in [0.2, 0.25) is 0 Å². The number of nitrogens with one attached hydrogen (secondary N) is 1. The second-order valence-corrected chi connectivity index (χ2v) is 5.68. The average molecular weight is 252 g/mol. The lowest BCUT2D eigenvalue weighted by molar-refractivity contribution is 0.414. The summed E-state index contributed by atoms with van der Waals surface area (Å²) < 4.78 is 5.24. The Hall–Kier alpha value is -0.870. The zero-order valence-electron chi connectivity index (χ0n) is 10.2. The van der Waals surface area contributed by atoms with Gasteiger partial charge in [0.1, 0.15) is 5.75 Å². The number of nitrogens with two attached hydrogens (primary N) is 1. The molecule has 2 rings (SSSR count). The molecular weight excluding hydrogens is 232 g/mol. The first-order chi connectivity index (χ1) is 8.28. The average Bonchev–Trinajstić information content (AvgIpc) is 2.40. The van der Waals surface area contributed by atoms with Crippen LogP contribution in [0.1, 0.15) is 12.8 Å².